The number of nitrogens with one attached hydrogen (secondary N) is 2. The lowest BCUT2D eigenvalue weighted by Crippen LogP contribution is -2.43. The third-order valence-corrected chi connectivity index (χ3v) is 4.86. The summed E-state index contributed by atoms with van der Waals surface area (Å²) in [6.07, 6.45) is 4.54. The molecule has 1 aromatic rings. The van der Waals surface area contributed by atoms with Crippen molar-refractivity contribution in [2.24, 2.45) is 11.0 Å². The molecule has 0 spiro atoms. The zero-order chi connectivity index (χ0) is 17.6. The van der Waals surface area contributed by atoms with E-state index in [4.69, 9.17) is 0 Å². The zero-order valence-electron chi connectivity index (χ0n) is 14.8. The van der Waals surface area contributed by atoms with Gasteiger partial charge in [0, 0.05) is 31.1 Å². The molecular formula is C19H26N4O2. The molecule has 25 heavy (non-hydrogen) atoms. The predicted molar refractivity (Wildman–Crippen MR) is 98.6 cm³/mol. The average Bonchev–Trinajstić information content (AvgIpc) is 3.16. The molecule has 134 valence electrons. The van der Waals surface area contributed by atoms with Gasteiger partial charge in [0.05, 0.1) is 17.8 Å². The second-order valence-corrected chi connectivity index (χ2v) is 6.58. The van der Waals surface area contributed by atoms with Gasteiger partial charge in [-0.2, -0.15) is 5.10 Å². The summed E-state index contributed by atoms with van der Waals surface area (Å²) >= 11 is 0. The molecule has 2 amide bonds. The van der Waals surface area contributed by atoms with Crippen LogP contribution in [0.5, 0.6) is 0 Å². The molecule has 0 aromatic heterocycles. The van der Waals surface area contributed by atoms with Crippen molar-refractivity contribution in [2.45, 2.75) is 39.0 Å². The average molecular weight is 342 g/mol. The first kappa shape index (κ1) is 17.5. The van der Waals surface area contributed by atoms with Crippen molar-refractivity contribution in [2.75, 3.05) is 24.5 Å². The minimum atomic E-state index is 0.0190. The largest absolute Gasteiger partial charge is 0.354 e. The van der Waals surface area contributed by atoms with Gasteiger partial charge >= 0.3 is 0 Å². The summed E-state index contributed by atoms with van der Waals surface area (Å²) in [4.78, 5) is 26.5. The summed E-state index contributed by atoms with van der Waals surface area (Å²) in [6, 6.07) is 7.80. The molecule has 1 fully saturated rings. The number of amides is 2. The Morgan fingerprint density at radius 3 is 2.80 bits per heavy atom. The first-order valence-electron chi connectivity index (χ1n) is 9.17. The van der Waals surface area contributed by atoms with Crippen molar-refractivity contribution in [1.82, 2.24) is 10.7 Å². The maximum atomic E-state index is 12.6. The molecule has 1 aromatic carbocycles. The van der Waals surface area contributed by atoms with Gasteiger partial charge in [-0.05, 0) is 25.8 Å². The highest BCUT2D eigenvalue weighted by molar-refractivity contribution is 6.21. The van der Waals surface area contributed by atoms with Crippen LogP contribution in [0.2, 0.25) is 0 Å². The van der Waals surface area contributed by atoms with Crippen molar-refractivity contribution >= 4 is 23.2 Å². The van der Waals surface area contributed by atoms with Crippen LogP contribution < -0.4 is 15.6 Å². The second kappa shape index (κ2) is 8.14. The lowest BCUT2D eigenvalue weighted by Gasteiger charge is -2.30. The van der Waals surface area contributed by atoms with Gasteiger partial charge in [-0.1, -0.05) is 31.0 Å². The van der Waals surface area contributed by atoms with Crippen LogP contribution in [-0.4, -0.2) is 37.2 Å². The second-order valence-electron chi connectivity index (χ2n) is 6.58. The molecule has 0 atom stereocenters. The van der Waals surface area contributed by atoms with E-state index < -0.39 is 0 Å². The number of benzene rings is 1. The van der Waals surface area contributed by atoms with Crippen molar-refractivity contribution in [3.8, 4) is 0 Å². The first-order valence-corrected chi connectivity index (χ1v) is 9.17. The van der Waals surface area contributed by atoms with Gasteiger partial charge in [0.25, 0.3) is 0 Å². The molecule has 1 aliphatic heterocycles. The summed E-state index contributed by atoms with van der Waals surface area (Å²) in [5, 5.41) is 7.33. The Morgan fingerprint density at radius 1 is 1.28 bits per heavy atom. The molecule has 6 heteroatoms. The van der Waals surface area contributed by atoms with Crippen LogP contribution >= 0.6 is 0 Å². The lowest BCUT2D eigenvalue weighted by atomic mass is 9.99. The number of carbonyl (C=O) groups is 2. The molecule has 6 nitrogen and oxygen atoms in total. The van der Waals surface area contributed by atoms with Crippen LogP contribution in [0.4, 0.5) is 5.69 Å². The van der Waals surface area contributed by atoms with Crippen LogP contribution in [0.15, 0.2) is 29.4 Å². The van der Waals surface area contributed by atoms with Crippen LogP contribution in [-0.2, 0) is 9.59 Å². The van der Waals surface area contributed by atoms with E-state index >= 15 is 0 Å². The van der Waals surface area contributed by atoms with Crippen molar-refractivity contribution in [3.63, 3.8) is 0 Å². The van der Waals surface area contributed by atoms with E-state index in [-0.39, 0.29) is 24.2 Å². The molecule has 2 N–H and O–H groups in total. The van der Waals surface area contributed by atoms with E-state index in [9.17, 15) is 9.59 Å². The van der Waals surface area contributed by atoms with Gasteiger partial charge in [0.1, 0.15) is 0 Å². The fourth-order valence-electron chi connectivity index (χ4n) is 3.56. The standard InChI is InChI=1S/C19H26N4O2/c1-2-21-22-16-13-18(24)23(17-10-6-5-9-15(16)17)12-11-20-19(25)14-7-3-4-8-14/h5-6,9-10,14,21H,2-4,7-8,11-13H2,1H3,(H,20,25)/b22-16+. The highest BCUT2D eigenvalue weighted by Gasteiger charge is 2.28. The number of hydrogen-bond donors (Lipinski definition) is 2. The molecule has 2 aliphatic rings. The van der Waals surface area contributed by atoms with Gasteiger partial charge in [0.15, 0.2) is 0 Å². The highest BCUT2D eigenvalue weighted by Crippen LogP contribution is 2.28. The molecule has 0 bridgehead atoms. The maximum Gasteiger partial charge on any atom is 0.233 e. The van der Waals surface area contributed by atoms with Gasteiger partial charge in [-0.3, -0.25) is 9.59 Å². The third kappa shape index (κ3) is 4.00. The smallest absolute Gasteiger partial charge is 0.233 e. The quantitative estimate of drug-likeness (QED) is 0.777. The normalized spacial score (nSPS) is 19.2. The van der Waals surface area contributed by atoms with E-state index in [1.165, 1.54) is 0 Å². The van der Waals surface area contributed by atoms with Crippen LogP contribution in [0.1, 0.15) is 44.6 Å². The first-order chi connectivity index (χ1) is 12.2. The Labute approximate surface area is 148 Å². The lowest BCUT2D eigenvalue weighted by molar-refractivity contribution is -0.125. The Hall–Kier alpha value is -2.37. The Bertz CT molecular complexity index is 665. The fourth-order valence-corrected chi connectivity index (χ4v) is 3.56. The number of hydrogen-bond acceptors (Lipinski definition) is 4. The summed E-state index contributed by atoms with van der Waals surface area (Å²) < 4.78 is 0. The van der Waals surface area contributed by atoms with Gasteiger partial charge < -0.3 is 15.6 Å². The van der Waals surface area contributed by atoms with Gasteiger partial charge in [-0.15, -0.1) is 0 Å². The minimum absolute atomic E-state index is 0.0190. The number of anilines is 1. The number of rotatable bonds is 6. The number of para-hydroxylation sites is 1. The number of nitrogens with zero attached hydrogens (tertiary/aromatic N) is 2. The molecule has 1 aliphatic carbocycles. The molecule has 0 unspecified atom stereocenters. The van der Waals surface area contributed by atoms with Crippen molar-refractivity contribution in [1.29, 1.82) is 0 Å². The molecule has 1 heterocycles. The number of carbonyl (C=O) groups excluding carboxylic acids is 2. The van der Waals surface area contributed by atoms with E-state index in [2.05, 4.69) is 15.8 Å². The van der Waals surface area contributed by atoms with E-state index in [0.29, 0.717) is 13.1 Å². The topological polar surface area (TPSA) is 73.8 Å². The molecule has 1 saturated carbocycles. The monoisotopic (exact) mass is 342 g/mol. The Balaban J connectivity index is 1.66. The maximum absolute atomic E-state index is 12.6. The Kier molecular flexibility index (Phi) is 5.68. The minimum Gasteiger partial charge on any atom is -0.354 e. The number of hydrazone groups is 1. The fraction of sp³-hybridized carbons (Fsp3) is 0.526. The van der Waals surface area contributed by atoms with Crippen LogP contribution in [0, 0.1) is 5.92 Å². The number of fused-ring (bicyclic) bond motifs is 1. The zero-order valence-corrected chi connectivity index (χ0v) is 14.8. The summed E-state index contributed by atoms with van der Waals surface area (Å²) in [5.41, 5.74) is 5.56. The van der Waals surface area contributed by atoms with E-state index in [1.54, 1.807) is 4.90 Å². The van der Waals surface area contributed by atoms with Crippen LogP contribution in [0.3, 0.4) is 0 Å². The van der Waals surface area contributed by atoms with Gasteiger partial charge in [0.2, 0.25) is 11.8 Å². The van der Waals surface area contributed by atoms with E-state index in [1.807, 2.05) is 31.2 Å². The predicted octanol–water partition coefficient (Wildman–Crippen LogP) is 2.04. The molecule has 3 rings (SSSR count). The molecular weight excluding hydrogens is 316 g/mol. The summed E-state index contributed by atoms with van der Waals surface area (Å²) in [6.45, 7) is 3.66. The van der Waals surface area contributed by atoms with Gasteiger partial charge in [-0.25, -0.2) is 0 Å². The summed E-state index contributed by atoms with van der Waals surface area (Å²) in [7, 11) is 0. The van der Waals surface area contributed by atoms with E-state index in [0.717, 1.165) is 49.2 Å². The summed E-state index contributed by atoms with van der Waals surface area (Å²) in [5.74, 6) is 0.304. The van der Waals surface area contributed by atoms with Crippen molar-refractivity contribution in [3.05, 3.63) is 29.8 Å². The highest BCUT2D eigenvalue weighted by atomic mass is 16.2. The van der Waals surface area contributed by atoms with Crippen LogP contribution in [0.25, 0.3) is 0 Å². The SMILES string of the molecule is CCN/N=C1\CC(=O)N(CCNC(=O)C2CCCC2)c2ccccc21. The Morgan fingerprint density at radius 2 is 2.04 bits per heavy atom. The van der Waals surface area contributed by atoms with Crippen molar-refractivity contribution < 1.29 is 9.59 Å². The molecule has 0 saturated heterocycles. The molecule has 0 radical (unpaired) electrons. The third-order valence-electron chi connectivity index (χ3n) is 4.86.